The van der Waals surface area contributed by atoms with Crippen LogP contribution in [-0.4, -0.2) is 27.8 Å². The lowest BCUT2D eigenvalue weighted by Crippen LogP contribution is -2.25. The van der Waals surface area contributed by atoms with Gasteiger partial charge in [-0.1, -0.05) is 12.1 Å². The van der Waals surface area contributed by atoms with Crippen LogP contribution in [0.3, 0.4) is 0 Å². The van der Waals surface area contributed by atoms with Crippen LogP contribution in [-0.2, 0) is 11.3 Å². The van der Waals surface area contributed by atoms with Gasteiger partial charge in [0.2, 0.25) is 5.91 Å². The van der Waals surface area contributed by atoms with Crippen molar-refractivity contribution in [3.8, 4) is 5.75 Å². The molecule has 0 spiro atoms. The largest absolute Gasteiger partial charge is 0.497 e. The molecule has 1 unspecified atom stereocenters. The molecule has 6 nitrogen and oxygen atoms in total. The van der Waals surface area contributed by atoms with Crippen LogP contribution in [0.4, 0.5) is 10.1 Å². The predicted octanol–water partition coefficient (Wildman–Crippen LogP) is 3.26. The number of halogens is 1. The van der Waals surface area contributed by atoms with E-state index in [9.17, 15) is 9.18 Å². The first-order chi connectivity index (χ1) is 13.0. The highest BCUT2D eigenvalue weighted by Gasteiger charge is 2.31. The van der Waals surface area contributed by atoms with E-state index in [4.69, 9.17) is 4.74 Å². The molecule has 3 aromatic rings. The van der Waals surface area contributed by atoms with Gasteiger partial charge in [-0.05, 0) is 48.4 Å². The third kappa shape index (κ3) is 3.40. The molecule has 0 radical (unpaired) electrons. The molecule has 0 fully saturated rings. The van der Waals surface area contributed by atoms with Crippen LogP contribution in [0.1, 0.15) is 35.1 Å². The van der Waals surface area contributed by atoms with Gasteiger partial charge in [-0.15, -0.1) is 0 Å². The quantitative estimate of drug-likeness (QED) is 0.770. The fraction of sp³-hybridized carbons (Fsp3) is 0.250. The molecule has 1 amide bonds. The Bertz CT molecular complexity index is 998. The summed E-state index contributed by atoms with van der Waals surface area (Å²) < 4.78 is 20.3. The van der Waals surface area contributed by atoms with Crippen molar-refractivity contribution in [2.24, 2.45) is 0 Å². The summed E-state index contributed by atoms with van der Waals surface area (Å²) in [5, 5.41) is 7.39. The number of anilines is 1. The van der Waals surface area contributed by atoms with E-state index in [0.29, 0.717) is 18.2 Å². The molecule has 7 heteroatoms. The molecule has 0 aliphatic carbocycles. The first-order valence-corrected chi connectivity index (χ1v) is 8.67. The van der Waals surface area contributed by atoms with Gasteiger partial charge in [0.15, 0.2) is 0 Å². The number of amides is 1. The number of fused-ring (bicyclic) bond motifs is 1. The Labute approximate surface area is 156 Å². The van der Waals surface area contributed by atoms with E-state index < -0.39 is 0 Å². The van der Waals surface area contributed by atoms with Gasteiger partial charge in [-0.3, -0.25) is 4.79 Å². The van der Waals surface area contributed by atoms with Crippen LogP contribution in [0.15, 0.2) is 42.5 Å². The number of aryl methyl sites for hydroxylation is 1. The molecule has 4 rings (SSSR count). The lowest BCUT2D eigenvalue weighted by atomic mass is 9.89. The van der Waals surface area contributed by atoms with E-state index in [1.165, 1.54) is 12.1 Å². The van der Waals surface area contributed by atoms with E-state index in [-0.39, 0.29) is 24.1 Å². The molecule has 1 atom stereocenters. The van der Waals surface area contributed by atoms with Crippen LogP contribution in [0.5, 0.6) is 5.75 Å². The van der Waals surface area contributed by atoms with Crippen molar-refractivity contribution in [1.82, 2.24) is 14.8 Å². The molecule has 27 heavy (non-hydrogen) atoms. The molecule has 1 aromatic heterocycles. The normalized spacial score (nSPS) is 16.0. The van der Waals surface area contributed by atoms with Gasteiger partial charge >= 0.3 is 0 Å². The van der Waals surface area contributed by atoms with Crippen molar-refractivity contribution in [1.29, 1.82) is 0 Å². The number of methoxy groups -OCH3 is 1. The zero-order chi connectivity index (χ0) is 19.0. The number of benzene rings is 2. The molecule has 0 bridgehead atoms. The number of carbonyl (C=O) groups excluding carboxylic acids is 1. The number of hydrogen-bond acceptors (Lipinski definition) is 4. The van der Waals surface area contributed by atoms with Crippen LogP contribution in [0, 0.1) is 12.7 Å². The van der Waals surface area contributed by atoms with E-state index >= 15 is 0 Å². The zero-order valence-electron chi connectivity index (χ0n) is 15.1. The second-order valence-electron chi connectivity index (χ2n) is 6.56. The summed E-state index contributed by atoms with van der Waals surface area (Å²) in [7, 11) is 1.61. The summed E-state index contributed by atoms with van der Waals surface area (Å²) in [6.07, 6.45) is 0.279. The molecule has 1 aliphatic heterocycles. The van der Waals surface area contributed by atoms with Gasteiger partial charge in [-0.25, -0.2) is 14.1 Å². The third-order valence-electron chi connectivity index (χ3n) is 4.66. The van der Waals surface area contributed by atoms with Gasteiger partial charge in [0.25, 0.3) is 0 Å². The fourth-order valence-corrected chi connectivity index (χ4v) is 3.41. The Morgan fingerprint density at radius 3 is 2.78 bits per heavy atom. The Balaban J connectivity index is 1.75. The number of nitrogens with one attached hydrogen (secondary N) is 1. The molecule has 0 saturated carbocycles. The number of aromatic nitrogens is 3. The summed E-state index contributed by atoms with van der Waals surface area (Å²) in [5.41, 5.74) is 2.61. The molecule has 0 saturated heterocycles. The average Bonchev–Trinajstić information content (AvgIpc) is 3.02. The summed E-state index contributed by atoms with van der Waals surface area (Å²) in [6.45, 7) is 2.27. The molecular weight excluding hydrogens is 347 g/mol. The van der Waals surface area contributed by atoms with Crippen molar-refractivity contribution >= 4 is 11.6 Å². The van der Waals surface area contributed by atoms with Crippen LogP contribution in [0.2, 0.25) is 0 Å². The van der Waals surface area contributed by atoms with Gasteiger partial charge in [0.1, 0.15) is 23.2 Å². The van der Waals surface area contributed by atoms with Gasteiger partial charge in [0, 0.05) is 12.1 Å². The maximum Gasteiger partial charge on any atom is 0.225 e. The Kier molecular flexibility index (Phi) is 4.35. The summed E-state index contributed by atoms with van der Waals surface area (Å²) in [6, 6.07) is 11.9. The van der Waals surface area contributed by atoms with Crippen molar-refractivity contribution in [3.63, 3.8) is 0 Å². The number of hydrogen-bond donors (Lipinski definition) is 1. The number of ether oxygens (including phenoxy) is 1. The Hall–Kier alpha value is -3.22. The highest BCUT2D eigenvalue weighted by atomic mass is 19.1. The molecule has 138 valence electrons. The summed E-state index contributed by atoms with van der Waals surface area (Å²) in [5.74, 6) is 1.48. The summed E-state index contributed by atoms with van der Waals surface area (Å²) >= 11 is 0. The lowest BCUT2D eigenvalue weighted by molar-refractivity contribution is -0.116. The predicted molar refractivity (Wildman–Crippen MR) is 98.3 cm³/mol. The zero-order valence-corrected chi connectivity index (χ0v) is 15.1. The monoisotopic (exact) mass is 366 g/mol. The minimum Gasteiger partial charge on any atom is -0.497 e. The van der Waals surface area contributed by atoms with Crippen molar-refractivity contribution < 1.29 is 13.9 Å². The minimum atomic E-state index is -0.279. The van der Waals surface area contributed by atoms with Crippen LogP contribution in [0.25, 0.3) is 0 Å². The molecule has 2 aromatic carbocycles. The van der Waals surface area contributed by atoms with E-state index in [1.54, 1.807) is 23.9 Å². The highest BCUT2D eigenvalue weighted by Crippen LogP contribution is 2.38. The number of rotatable bonds is 4. The van der Waals surface area contributed by atoms with Gasteiger partial charge in [0.05, 0.1) is 19.6 Å². The van der Waals surface area contributed by atoms with E-state index in [0.717, 1.165) is 22.6 Å². The SMILES string of the molecule is COc1ccc2c(c1)C(c1nc(C)nn1Cc1ccc(F)cc1)CC(=O)N2. The second kappa shape index (κ2) is 6.83. The average molecular weight is 366 g/mol. The van der Waals surface area contributed by atoms with Gasteiger partial charge < -0.3 is 10.1 Å². The smallest absolute Gasteiger partial charge is 0.225 e. The Morgan fingerprint density at radius 1 is 1.26 bits per heavy atom. The topological polar surface area (TPSA) is 69.0 Å². The highest BCUT2D eigenvalue weighted by molar-refractivity contribution is 5.95. The van der Waals surface area contributed by atoms with E-state index in [2.05, 4.69) is 15.4 Å². The third-order valence-corrected chi connectivity index (χ3v) is 4.66. The Morgan fingerprint density at radius 2 is 2.04 bits per heavy atom. The molecular formula is C20H19FN4O2. The van der Waals surface area contributed by atoms with Gasteiger partial charge in [-0.2, -0.15) is 5.10 Å². The van der Waals surface area contributed by atoms with Crippen molar-refractivity contribution in [3.05, 3.63) is 71.1 Å². The fourth-order valence-electron chi connectivity index (χ4n) is 3.41. The maximum atomic E-state index is 13.2. The van der Waals surface area contributed by atoms with Crippen LogP contribution < -0.4 is 10.1 Å². The standard InChI is InChI=1S/C20H19FN4O2/c1-12-22-20(25(24-12)11-13-3-5-14(21)6-4-13)17-10-19(26)23-18-8-7-15(27-2)9-16(17)18/h3-9,17H,10-11H2,1-2H3,(H,23,26). The van der Waals surface area contributed by atoms with Crippen molar-refractivity contribution in [2.75, 3.05) is 12.4 Å². The molecule has 1 N–H and O–H groups in total. The lowest BCUT2D eigenvalue weighted by Gasteiger charge is -2.25. The van der Waals surface area contributed by atoms with Crippen molar-refractivity contribution in [2.45, 2.75) is 25.8 Å². The first-order valence-electron chi connectivity index (χ1n) is 8.67. The molecule has 1 aliphatic rings. The first kappa shape index (κ1) is 17.2. The number of carbonyl (C=O) groups is 1. The summed E-state index contributed by atoms with van der Waals surface area (Å²) in [4.78, 5) is 16.8. The van der Waals surface area contributed by atoms with E-state index in [1.807, 2.05) is 25.1 Å². The molecule has 2 heterocycles. The van der Waals surface area contributed by atoms with Crippen LogP contribution >= 0.6 is 0 Å². The number of nitrogens with zero attached hydrogens (tertiary/aromatic N) is 3. The maximum absolute atomic E-state index is 13.2. The minimum absolute atomic E-state index is 0.0633. The second-order valence-corrected chi connectivity index (χ2v) is 6.56.